The zero-order chi connectivity index (χ0) is 12.4. The van der Waals surface area contributed by atoms with Crippen molar-refractivity contribution in [1.82, 2.24) is 4.98 Å². The average Bonchev–Trinajstić information content (AvgIpc) is 2.27. The van der Waals surface area contributed by atoms with Crippen LogP contribution < -0.4 is 5.32 Å². The van der Waals surface area contributed by atoms with Gasteiger partial charge < -0.3 is 5.32 Å². The predicted molar refractivity (Wildman–Crippen MR) is 71.4 cm³/mol. The van der Waals surface area contributed by atoms with Crippen molar-refractivity contribution in [3.05, 3.63) is 51.3 Å². The number of anilines is 2. The Balaban J connectivity index is 2.34. The highest BCUT2D eigenvalue weighted by molar-refractivity contribution is 9.10. The molecule has 0 atom stereocenters. The highest BCUT2D eigenvalue weighted by Gasteiger charge is 2.07. The van der Waals surface area contributed by atoms with E-state index in [1.165, 1.54) is 12.3 Å². The molecule has 5 heteroatoms. The second kappa shape index (κ2) is 5.02. The van der Waals surface area contributed by atoms with Crippen molar-refractivity contribution < 1.29 is 4.39 Å². The molecular weight excluding hydrogens is 307 g/mol. The van der Waals surface area contributed by atoms with Crippen LogP contribution >= 0.6 is 27.5 Å². The van der Waals surface area contributed by atoms with Crippen LogP contribution in [0.2, 0.25) is 5.02 Å². The molecule has 0 bridgehead atoms. The first-order valence-corrected chi connectivity index (χ1v) is 6.07. The van der Waals surface area contributed by atoms with Crippen LogP contribution in [0.3, 0.4) is 0 Å². The largest absolute Gasteiger partial charge is 0.337 e. The second-order valence-corrected chi connectivity index (χ2v) is 4.92. The van der Waals surface area contributed by atoms with E-state index < -0.39 is 5.82 Å². The van der Waals surface area contributed by atoms with Crippen LogP contribution in [-0.4, -0.2) is 4.98 Å². The van der Waals surface area contributed by atoms with Crippen molar-refractivity contribution in [3.8, 4) is 0 Å². The molecule has 1 N–H and O–H groups in total. The Morgan fingerprint density at radius 3 is 2.82 bits per heavy atom. The van der Waals surface area contributed by atoms with Gasteiger partial charge in [0.2, 0.25) is 0 Å². The molecule has 0 aliphatic rings. The Labute approximate surface area is 112 Å². The first-order chi connectivity index (χ1) is 8.06. The summed E-state index contributed by atoms with van der Waals surface area (Å²) >= 11 is 9.16. The standard InChI is InChI=1S/C12H9BrClFN2/c1-7-2-3-9(14)11(4-7)17-12-10(15)5-8(13)6-16-12/h2-6H,1H3,(H,16,17). The summed E-state index contributed by atoms with van der Waals surface area (Å²) < 4.78 is 14.2. The number of hydrogen-bond donors (Lipinski definition) is 1. The van der Waals surface area contributed by atoms with Crippen LogP contribution in [0.4, 0.5) is 15.9 Å². The monoisotopic (exact) mass is 314 g/mol. The normalized spacial score (nSPS) is 10.4. The van der Waals surface area contributed by atoms with Crippen LogP contribution in [0.5, 0.6) is 0 Å². The van der Waals surface area contributed by atoms with Crippen molar-refractivity contribution in [3.63, 3.8) is 0 Å². The van der Waals surface area contributed by atoms with Gasteiger partial charge in [-0.25, -0.2) is 9.37 Å². The van der Waals surface area contributed by atoms with Gasteiger partial charge >= 0.3 is 0 Å². The van der Waals surface area contributed by atoms with E-state index >= 15 is 0 Å². The lowest BCUT2D eigenvalue weighted by molar-refractivity contribution is 0.625. The van der Waals surface area contributed by atoms with Crippen molar-refractivity contribution >= 4 is 39.0 Å². The Kier molecular flexibility index (Phi) is 3.64. The highest BCUT2D eigenvalue weighted by atomic mass is 79.9. The number of aryl methyl sites for hydroxylation is 1. The number of hydrogen-bond acceptors (Lipinski definition) is 2. The maximum Gasteiger partial charge on any atom is 0.166 e. The summed E-state index contributed by atoms with van der Waals surface area (Å²) in [6.07, 6.45) is 1.52. The molecule has 0 aliphatic carbocycles. The minimum atomic E-state index is -0.433. The lowest BCUT2D eigenvalue weighted by Gasteiger charge is -2.09. The molecule has 0 unspecified atom stereocenters. The molecule has 1 aromatic heterocycles. The molecule has 88 valence electrons. The van der Waals surface area contributed by atoms with Gasteiger partial charge in [0.1, 0.15) is 0 Å². The Hall–Kier alpha value is -1.13. The first-order valence-electron chi connectivity index (χ1n) is 4.90. The van der Waals surface area contributed by atoms with Gasteiger partial charge in [0.25, 0.3) is 0 Å². The SMILES string of the molecule is Cc1ccc(Cl)c(Nc2ncc(Br)cc2F)c1. The van der Waals surface area contributed by atoms with E-state index in [4.69, 9.17) is 11.6 Å². The van der Waals surface area contributed by atoms with Gasteiger partial charge in [0.05, 0.1) is 10.7 Å². The molecule has 0 saturated heterocycles. The smallest absolute Gasteiger partial charge is 0.166 e. The molecule has 0 spiro atoms. The Bertz CT molecular complexity index is 560. The van der Waals surface area contributed by atoms with Gasteiger partial charge in [-0.05, 0) is 46.6 Å². The van der Waals surface area contributed by atoms with E-state index in [2.05, 4.69) is 26.2 Å². The third kappa shape index (κ3) is 2.96. The Morgan fingerprint density at radius 2 is 2.12 bits per heavy atom. The quantitative estimate of drug-likeness (QED) is 0.869. The minimum Gasteiger partial charge on any atom is -0.337 e. The molecular formula is C12H9BrClFN2. The van der Waals surface area contributed by atoms with Crippen LogP contribution in [0.15, 0.2) is 34.9 Å². The summed E-state index contributed by atoms with van der Waals surface area (Å²) in [6.45, 7) is 1.94. The van der Waals surface area contributed by atoms with E-state index in [1.54, 1.807) is 6.07 Å². The molecule has 1 aromatic carbocycles. The fourth-order valence-corrected chi connectivity index (χ4v) is 1.84. The number of halogens is 3. The summed E-state index contributed by atoms with van der Waals surface area (Å²) in [4.78, 5) is 3.95. The van der Waals surface area contributed by atoms with Crippen LogP contribution in [0.1, 0.15) is 5.56 Å². The molecule has 0 amide bonds. The predicted octanol–water partition coefficient (Wildman–Crippen LogP) is 4.69. The van der Waals surface area contributed by atoms with E-state index in [0.717, 1.165) is 5.56 Å². The van der Waals surface area contributed by atoms with Crippen molar-refractivity contribution in [2.24, 2.45) is 0 Å². The number of pyridine rings is 1. The molecule has 0 fully saturated rings. The van der Waals surface area contributed by atoms with E-state index in [0.29, 0.717) is 15.2 Å². The number of rotatable bonds is 2. The summed E-state index contributed by atoms with van der Waals surface area (Å²) in [5, 5.41) is 3.40. The van der Waals surface area contributed by atoms with E-state index in [9.17, 15) is 4.39 Å². The molecule has 0 aliphatic heterocycles. The van der Waals surface area contributed by atoms with Gasteiger partial charge in [0, 0.05) is 10.7 Å². The average molecular weight is 316 g/mol. The Morgan fingerprint density at radius 1 is 1.35 bits per heavy atom. The van der Waals surface area contributed by atoms with Crippen LogP contribution in [0, 0.1) is 12.7 Å². The van der Waals surface area contributed by atoms with Gasteiger partial charge in [-0.3, -0.25) is 0 Å². The summed E-state index contributed by atoms with van der Waals surface area (Å²) in [5.74, 6) is -0.280. The fraction of sp³-hybridized carbons (Fsp3) is 0.0833. The lowest BCUT2D eigenvalue weighted by Crippen LogP contribution is -1.97. The maximum atomic E-state index is 13.6. The fourth-order valence-electron chi connectivity index (χ4n) is 1.37. The molecule has 2 aromatic rings. The third-order valence-corrected chi connectivity index (χ3v) is 2.95. The molecule has 0 radical (unpaired) electrons. The second-order valence-electron chi connectivity index (χ2n) is 3.59. The van der Waals surface area contributed by atoms with Crippen LogP contribution in [-0.2, 0) is 0 Å². The highest BCUT2D eigenvalue weighted by Crippen LogP contribution is 2.27. The topological polar surface area (TPSA) is 24.9 Å². The van der Waals surface area contributed by atoms with Gasteiger partial charge in [-0.2, -0.15) is 0 Å². The van der Waals surface area contributed by atoms with E-state index in [1.807, 2.05) is 19.1 Å². The number of nitrogens with one attached hydrogen (secondary N) is 1. The zero-order valence-corrected chi connectivity index (χ0v) is 11.3. The number of nitrogens with zero attached hydrogens (tertiary/aromatic N) is 1. The van der Waals surface area contributed by atoms with Gasteiger partial charge in [-0.1, -0.05) is 17.7 Å². The maximum absolute atomic E-state index is 13.6. The van der Waals surface area contributed by atoms with Crippen LogP contribution in [0.25, 0.3) is 0 Å². The number of benzene rings is 1. The molecule has 2 nitrogen and oxygen atoms in total. The molecule has 2 rings (SSSR count). The van der Waals surface area contributed by atoms with Gasteiger partial charge in [-0.15, -0.1) is 0 Å². The zero-order valence-electron chi connectivity index (χ0n) is 8.97. The lowest BCUT2D eigenvalue weighted by atomic mass is 10.2. The summed E-state index contributed by atoms with van der Waals surface area (Å²) in [5.41, 5.74) is 1.68. The van der Waals surface area contributed by atoms with Crippen molar-refractivity contribution in [1.29, 1.82) is 0 Å². The molecule has 0 saturated carbocycles. The van der Waals surface area contributed by atoms with Gasteiger partial charge in [0.15, 0.2) is 11.6 Å². The summed E-state index contributed by atoms with van der Waals surface area (Å²) in [7, 11) is 0. The third-order valence-electron chi connectivity index (χ3n) is 2.18. The summed E-state index contributed by atoms with van der Waals surface area (Å²) in [6, 6.07) is 6.83. The van der Waals surface area contributed by atoms with E-state index in [-0.39, 0.29) is 5.82 Å². The van der Waals surface area contributed by atoms with Crippen molar-refractivity contribution in [2.45, 2.75) is 6.92 Å². The van der Waals surface area contributed by atoms with Crippen molar-refractivity contribution in [2.75, 3.05) is 5.32 Å². The number of aromatic nitrogens is 1. The molecule has 1 heterocycles. The minimum absolute atomic E-state index is 0.153. The first kappa shape index (κ1) is 12.3. The molecule has 17 heavy (non-hydrogen) atoms.